The van der Waals surface area contributed by atoms with Crippen LogP contribution in [0.15, 0.2) is 48.5 Å². The number of carbonyl (C=O) groups excluding carboxylic acids is 1. The molecule has 2 rings (SSSR count). The molecular formula is C19H23NO5. The predicted molar refractivity (Wildman–Crippen MR) is 94.6 cm³/mol. The Kier molecular flexibility index (Phi) is 6.95. The molecule has 0 radical (unpaired) electrons. The molecule has 0 fully saturated rings. The predicted octanol–water partition coefficient (Wildman–Crippen LogP) is 2.67. The van der Waals surface area contributed by atoms with Crippen molar-refractivity contribution in [1.29, 1.82) is 0 Å². The summed E-state index contributed by atoms with van der Waals surface area (Å²) in [6.45, 7) is 2.43. The lowest BCUT2D eigenvalue weighted by Crippen LogP contribution is -2.38. The van der Waals surface area contributed by atoms with Crippen molar-refractivity contribution in [3.05, 3.63) is 48.5 Å². The Morgan fingerprint density at radius 2 is 1.60 bits per heavy atom. The Hall–Kier alpha value is -2.89. The van der Waals surface area contributed by atoms with E-state index in [0.29, 0.717) is 24.7 Å². The Morgan fingerprint density at radius 1 is 0.960 bits per heavy atom. The van der Waals surface area contributed by atoms with E-state index >= 15 is 0 Å². The average molecular weight is 345 g/mol. The summed E-state index contributed by atoms with van der Waals surface area (Å²) in [5.41, 5.74) is 0. The molecule has 2 aromatic carbocycles. The molecule has 0 aliphatic rings. The fourth-order valence-electron chi connectivity index (χ4n) is 2.09. The number of carbonyl (C=O) groups is 1. The van der Waals surface area contributed by atoms with Gasteiger partial charge in [0, 0.05) is 6.07 Å². The molecule has 1 atom stereocenters. The number of nitrogens with one attached hydrogen (secondary N) is 1. The van der Waals surface area contributed by atoms with Crippen LogP contribution in [0.1, 0.15) is 6.92 Å². The number of methoxy groups -OCH3 is 2. The van der Waals surface area contributed by atoms with Gasteiger partial charge in [-0.2, -0.15) is 0 Å². The minimum atomic E-state index is -0.606. The van der Waals surface area contributed by atoms with E-state index in [1.54, 1.807) is 51.5 Å². The van der Waals surface area contributed by atoms with Crippen molar-refractivity contribution < 1.29 is 23.7 Å². The third-order valence-electron chi connectivity index (χ3n) is 3.45. The first-order chi connectivity index (χ1) is 12.1. The van der Waals surface area contributed by atoms with Crippen LogP contribution in [-0.2, 0) is 4.79 Å². The number of ether oxygens (including phenoxy) is 4. The highest BCUT2D eigenvalue weighted by atomic mass is 16.5. The number of hydrogen-bond acceptors (Lipinski definition) is 5. The number of benzene rings is 2. The molecule has 6 heteroatoms. The second kappa shape index (κ2) is 9.42. The molecule has 25 heavy (non-hydrogen) atoms. The van der Waals surface area contributed by atoms with Crippen molar-refractivity contribution in [2.75, 3.05) is 27.4 Å². The molecule has 0 saturated carbocycles. The largest absolute Gasteiger partial charge is 0.497 e. The van der Waals surface area contributed by atoms with Crippen LogP contribution in [0.3, 0.4) is 0 Å². The SMILES string of the molecule is COc1ccc(O[C@@H](C)C(=O)NCCOc2cccc(OC)c2)cc1. The molecular weight excluding hydrogens is 322 g/mol. The molecule has 0 aliphatic carbocycles. The molecule has 6 nitrogen and oxygen atoms in total. The van der Waals surface area contributed by atoms with E-state index in [9.17, 15) is 4.79 Å². The van der Waals surface area contributed by atoms with E-state index < -0.39 is 6.10 Å². The lowest BCUT2D eigenvalue weighted by molar-refractivity contribution is -0.127. The quantitative estimate of drug-likeness (QED) is 0.708. The molecule has 134 valence electrons. The molecule has 0 spiro atoms. The maximum absolute atomic E-state index is 12.0. The summed E-state index contributed by atoms with van der Waals surface area (Å²) in [7, 11) is 3.20. The van der Waals surface area contributed by atoms with Crippen LogP contribution in [-0.4, -0.2) is 39.4 Å². The van der Waals surface area contributed by atoms with Crippen LogP contribution in [0.5, 0.6) is 23.0 Å². The smallest absolute Gasteiger partial charge is 0.260 e. The molecule has 0 aromatic heterocycles. The minimum absolute atomic E-state index is 0.204. The number of rotatable bonds is 9. The highest BCUT2D eigenvalue weighted by Crippen LogP contribution is 2.19. The van der Waals surface area contributed by atoms with E-state index in [1.165, 1.54) is 0 Å². The van der Waals surface area contributed by atoms with Crippen LogP contribution < -0.4 is 24.3 Å². The van der Waals surface area contributed by atoms with Gasteiger partial charge in [0.2, 0.25) is 0 Å². The summed E-state index contributed by atoms with van der Waals surface area (Å²) in [6.07, 6.45) is -0.606. The van der Waals surface area contributed by atoms with E-state index in [2.05, 4.69) is 5.32 Å². The molecule has 0 unspecified atom stereocenters. The summed E-state index contributed by atoms with van der Waals surface area (Å²) in [5.74, 6) is 2.56. The fourth-order valence-corrected chi connectivity index (χ4v) is 2.09. The van der Waals surface area contributed by atoms with Gasteiger partial charge in [-0.15, -0.1) is 0 Å². The highest BCUT2D eigenvalue weighted by Gasteiger charge is 2.14. The van der Waals surface area contributed by atoms with E-state index in [1.807, 2.05) is 18.2 Å². The zero-order valence-corrected chi connectivity index (χ0v) is 14.7. The van der Waals surface area contributed by atoms with Crippen LogP contribution in [0, 0.1) is 0 Å². The van der Waals surface area contributed by atoms with Gasteiger partial charge in [-0.25, -0.2) is 0 Å². The van der Waals surface area contributed by atoms with Gasteiger partial charge in [-0.1, -0.05) is 6.07 Å². The summed E-state index contributed by atoms with van der Waals surface area (Å²) < 4.78 is 21.4. The molecule has 0 aliphatic heterocycles. The van der Waals surface area contributed by atoms with E-state index in [4.69, 9.17) is 18.9 Å². The van der Waals surface area contributed by atoms with Gasteiger partial charge in [0.05, 0.1) is 20.8 Å². The summed E-state index contributed by atoms with van der Waals surface area (Å²) >= 11 is 0. The number of amides is 1. The molecule has 1 amide bonds. The Balaban J connectivity index is 1.71. The lowest BCUT2D eigenvalue weighted by atomic mass is 10.3. The van der Waals surface area contributed by atoms with Crippen molar-refractivity contribution >= 4 is 5.91 Å². The molecule has 0 saturated heterocycles. The lowest BCUT2D eigenvalue weighted by Gasteiger charge is -2.15. The monoisotopic (exact) mass is 345 g/mol. The van der Waals surface area contributed by atoms with Crippen molar-refractivity contribution in [3.63, 3.8) is 0 Å². The van der Waals surface area contributed by atoms with Crippen LogP contribution in [0.4, 0.5) is 0 Å². The Bertz CT molecular complexity index is 672. The van der Waals surface area contributed by atoms with Gasteiger partial charge in [0.15, 0.2) is 6.10 Å². The van der Waals surface area contributed by atoms with Gasteiger partial charge in [0.1, 0.15) is 29.6 Å². The standard InChI is InChI=1S/C19H23NO5/c1-14(25-16-9-7-15(22-2)8-10-16)19(21)20-11-12-24-18-6-4-5-17(13-18)23-3/h4-10,13-14H,11-12H2,1-3H3,(H,20,21)/t14-/m0/s1. The summed E-state index contributed by atoms with van der Waals surface area (Å²) in [6, 6.07) is 14.4. The molecule has 0 bridgehead atoms. The Morgan fingerprint density at radius 3 is 2.28 bits per heavy atom. The second-order valence-electron chi connectivity index (χ2n) is 5.25. The topological polar surface area (TPSA) is 66.0 Å². The van der Waals surface area contributed by atoms with Gasteiger partial charge < -0.3 is 24.3 Å². The maximum atomic E-state index is 12.0. The molecule has 1 N–H and O–H groups in total. The first-order valence-electron chi connectivity index (χ1n) is 7.97. The van der Waals surface area contributed by atoms with Crippen LogP contribution >= 0.6 is 0 Å². The van der Waals surface area contributed by atoms with Gasteiger partial charge in [-0.05, 0) is 43.3 Å². The van der Waals surface area contributed by atoms with Crippen molar-refractivity contribution in [3.8, 4) is 23.0 Å². The fraction of sp³-hybridized carbons (Fsp3) is 0.316. The van der Waals surface area contributed by atoms with Crippen molar-refractivity contribution in [2.24, 2.45) is 0 Å². The normalized spacial score (nSPS) is 11.3. The molecule has 2 aromatic rings. The van der Waals surface area contributed by atoms with Crippen LogP contribution in [0.2, 0.25) is 0 Å². The highest BCUT2D eigenvalue weighted by molar-refractivity contribution is 5.80. The zero-order chi connectivity index (χ0) is 18.1. The Labute approximate surface area is 147 Å². The van der Waals surface area contributed by atoms with Gasteiger partial charge >= 0.3 is 0 Å². The summed E-state index contributed by atoms with van der Waals surface area (Å²) in [5, 5.41) is 2.78. The minimum Gasteiger partial charge on any atom is -0.497 e. The van der Waals surface area contributed by atoms with E-state index in [0.717, 1.165) is 11.5 Å². The third-order valence-corrected chi connectivity index (χ3v) is 3.45. The van der Waals surface area contributed by atoms with Crippen LogP contribution in [0.25, 0.3) is 0 Å². The van der Waals surface area contributed by atoms with Crippen molar-refractivity contribution in [2.45, 2.75) is 13.0 Å². The van der Waals surface area contributed by atoms with Crippen molar-refractivity contribution in [1.82, 2.24) is 5.32 Å². The van der Waals surface area contributed by atoms with E-state index in [-0.39, 0.29) is 5.91 Å². The first kappa shape index (κ1) is 18.4. The second-order valence-corrected chi connectivity index (χ2v) is 5.25. The van der Waals surface area contributed by atoms with Gasteiger partial charge in [0.25, 0.3) is 5.91 Å². The molecule has 0 heterocycles. The number of hydrogen-bond donors (Lipinski definition) is 1. The first-order valence-corrected chi connectivity index (χ1v) is 7.97. The maximum Gasteiger partial charge on any atom is 0.260 e. The van der Waals surface area contributed by atoms with Gasteiger partial charge in [-0.3, -0.25) is 4.79 Å². The average Bonchev–Trinajstić information content (AvgIpc) is 2.65. The zero-order valence-electron chi connectivity index (χ0n) is 14.7. The third kappa shape index (κ3) is 5.91. The summed E-state index contributed by atoms with van der Waals surface area (Å²) in [4.78, 5) is 12.0.